The van der Waals surface area contributed by atoms with E-state index in [0.717, 1.165) is 45.5 Å². The topological polar surface area (TPSA) is 41.6 Å². The van der Waals surface area contributed by atoms with Crippen LogP contribution >= 0.6 is 0 Å². The minimum Gasteiger partial charge on any atom is -0.378 e. The van der Waals surface area contributed by atoms with E-state index in [4.69, 9.17) is 4.74 Å². The Hall–Kier alpha value is -0.610. The van der Waals surface area contributed by atoms with Gasteiger partial charge in [-0.1, -0.05) is 0 Å². The molecule has 3 fully saturated rings. The summed E-state index contributed by atoms with van der Waals surface area (Å²) in [4.78, 5) is 14.6. The highest BCUT2D eigenvalue weighted by molar-refractivity contribution is 5.77. The minimum absolute atomic E-state index is 0.377. The summed E-state index contributed by atoms with van der Waals surface area (Å²) in [5.41, 5.74) is 0. The van der Waals surface area contributed by atoms with Crippen LogP contribution in [0.4, 0.5) is 0 Å². The van der Waals surface area contributed by atoms with Gasteiger partial charge < -0.3 is 15.0 Å². The average molecular weight is 266 g/mol. The Morgan fingerprint density at radius 1 is 1.37 bits per heavy atom. The first-order valence-corrected chi connectivity index (χ1v) is 7.80. The van der Waals surface area contributed by atoms with Gasteiger partial charge in [0.25, 0.3) is 0 Å². The van der Waals surface area contributed by atoms with Gasteiger partial charge in [-0.2, -0.15) is 0 Å². The van der Waals surface area contributed by atoms with Crippen molar-refractivity contribution in [2.45, 2.75) is 45.3 Å². The van der Waals surface area contributed by atoms with E-state index < -0.39 is 0 Å². The Kier molecular flexibility index (Phi) is 3.81. The van der Waals surface area contributed by atoms with Crippen LogP contribution in [0.5, 0.6) is 0 Å². The number of ether oxygens (including phenoxy) is 1. The number of nitrogens with one attached hydrogen (secondary N) is 1. The fraction of sp³-hybridized carbons (Fsp3) is 0.933. The average Bonchev–Trinajstić information content (AvgIpc) is 2.90. The van der Waals surface area contributed by atoms with E-state index in [1.807, 2.05) is 6.92 Å². The summed E-state index contributed by atoms with van der Waals surface area (Å²) >= 11 is 0. The van der Waals surface area contributed by atoms with E-state index >= 15 is 0 Å². The zero-order valence-corrected chi connectivity index (χ0v) is 12.1. The van der Waals surface area contributed by atoms with Crippen molar-refractivity contribution in [1.82, 2.24) is 10.2 Å². The molecule has 3 unspecified atom stereocenters. The van der Waals surface area contributed by atoms with Crippen LogP contribution in [0, 0.1) is 17.8 Å². The zero-order valence-electron chi connectivity index (χ0n) is 12.1. The first-order valence-electron chi connectivity index (χ1n) is 7.80. The van der Waals surface area contributed by atoms with Gasteiger partial charge in [0.2, 0.25) is 5.91 Å². The fourth-order valence-electron chi connectivity index (χ4n) is 4.07. The summed E-state index contributed by atoms with van der Waals surface area (Å²) in [7, 11) is 0. The van der Waals surface area contributed by atoms with E-state index in [0.29, 0.717) is 35.8 Å². The third-order valence-electron chi connectivity index (χ3n) is 5.31. The molecular formula is C15H26N2O2. The molecule has 4 heteroatoms. The number of carbonyl (C=O) groups is 1. The minimum atomic E-state index is 0.377. The summed E-state index contributed by atoms with van der Waals surface area (Å²) in [6.07, 6.45) is 3.31. The maximum atomic E-state index is 12.4. The Morgan fingerprint density at radius 2 is 2.16 bits per heavy atom. The van der Waals surface area contributed by atoms with Crippen LogP contribution in [0.2, 0.25) is 0 Å². The number of hydrogen-bond acceptors (Lipinski definition) is 3. The maximum absolute atomic E-state index is 12.4. The van der Waals surface area contributed by atoms with E-state index in [1.54, 1.807) is 0 Å². The molecule has 0 bridgehead atoms. The number of nitrogens with zero attached hydrogens (tertiary/aromatic N) is 1. The molecule has 2 saturated heterocycles. The van der Waals surface area contributed by atoms with Crippen molar-refractivity contribution < 1.29 is 9.53 Å². The number of likely N-dealkylation sites (tertiary alicyclic amines) is 1. The van der Waals surface area contributed by atoms with Gasteiger partial charge in [0, 0.05) is 38.7 Å². The van der Waals surface area contributed by atoms with Gasteiger partial charge in [-0.15, -0.1) is 0 Å². The van der Waals surface area contributed by atoms with Crippen LogP contribution in [0.3, 0.4) is 0 Å². The fourth-order valence-corrected chi connectivity index (χ4v) is 4.07. The molecule has 0 aromatic rings. The molecule has 0 spiro atoms. The number of hydrogen-bond donors (Lipinski definition) is 1. The van der Waals surface area contributed by atoms with E-state index in [1.165, 1.54) is 0 Å². The SMILES string of the molecule is CCOC1CC(CC(=O)N2CC3CNCC3C2C)C1. The predicted octanol–water partition coefficient (Wildman–Crippen LogP) is 1.26. The van der Waals surface area contributed by atoms with Crippen molar-refractivity contribution in [3.8, 4) is 0 Å². The number of rotatable bonds is 4. The van der Waals surface area contributed by atoms with Gasteiger partial charge in [0.1, 0.15) is 0 Å². The Bertz CT molecular complexity index is 341. The van der Waals surface area contributed by atoms with Crippen molar-refractivity contribution in [3.63, 3.8) is 0 Å². The molecule has 3 atom stereocenters. The summed E-state index contributed by atoms with van der Waals surface area (Å²) in [5, 5.41) is 3.44. The Morgan fingerprint density at radius 3 is 2.84 bits per heavy atom. The summed E-state index contributed by atoms with van der Waals surface area (Å²) in [6, 6.07) is 0.426. The van der Waals surface area contributed by atoms with Crippen molar-refractivity contribution in [3.05, 3.63) is 0 Å². The van der Waals surface area contributed by atoms with Gasteiger partial charge in [-0.25, -0.2) is 0 Å². The lowest BCUT2D eigenvalue weighted by Crippen LogP contribution is -2.41. The monoisotopic (exact) mass is 266 g/mol. The van der Waals surface area contributed by atoms with Gasteiger partial charge in [-0.05, 0) is 44.4 Å². The van der Waals surface area contributed by atoms with Crippen LogP contribution in [-0.2, 0) is 9.53 Å². The van der Waals surface area contributed by atoms with Crippen LogP contribution in [0.15, 0.2) is 0 Å². The molecule has 108 valence electrons. The second-order valence-electron chi connectivity index (χ2n) is 6.49. The van der Waals surface area contributed by atoms with Crippen LogP contribution < -0.4 is 5.32 Å². The van der Waals surface area contributed by atoms with Crippen molar-refractivity contribution in [2.24, 2.45) is 17.8 Å². The third-order valence-corrected chi connectivity index (χ3v) is 5.31. The van der Waals surface area contributed by atoms with Crippen molar-refractivity contribution >= 4 is 5.91 Å². The predicted molar refractivity (Wildman–Crippen MR) is 73.8 cm³/mol. The largest absolute Gasteiger partial charge is 0.378 e. The standard InChI is InChI=1S/C15H26N2O2/c1-3-19-13-4-11(5-13)6-15(18)17-9-12-7-16-8-14(12)10(17)2/h10-14,16H,3-9H2,1-2H3. The van der Waals surface area contributed by atoms with Crippen LogP contribution in [-0.4, -0.2) is 49.2 Å². The Labute approximate surface area is 115 Å². The molecule has 0 aromatic heterocycles. The van der Waals surface area contributed by atoms with Crippen molar-refractivity contribution in [1.29, 1.82) is 0 Å². The van der Waals surface area contributed by atoms with Gasteiger partial charge in [0.15, 0.2) is 0 Å². The smallest absolute Gasteiger partial charge is 0.223 e. The van der Waals surface area contributed by atoms with E-state index in [9.17, 15) is 4.79 Å². The molecule has 1 saturated carbocycles. The third kappa shape index (κ3) is 2.52. The molecule has 1 aliphatic carbocycles. The van der Waals surface area contributed by atoms with Gasteiger partial charge >= 0.3 is 0 Å². The lowest BCUT2D eigenvalue weighted by molar-refractivity contribution is -0.135. The highest BCUT2D eigenvalue weighted by Gasteiger charge is 2.44. The van der Waals surface area contributed by atoms with Gasteiger partial charge in [0.05, 0.1) is 6.10 Å². The molecule has 3 aliphatic rings. The second kappa shape index (κ2) is 5.41. The molecule has 1 N–H and O–H groups in total. The van der Waals surface area contributed by atoms with E-state index in [-0.39, 0.29) is 0 Å². The maximum Gasteiger partial charge on any atom is 0.223 e. The van der Waals surface area contributed by atoms with Crippen LogP contribution in [0.1, 0.15) is 33.1 Å². The zero-order chi connectivity index (χ0) is 13.4. The first-order chi connectivity index (χ1) is 9.19. The Balaban J connectivity index is 1.47. The van der Waals surface area contributed by atoms with E-state index in [2.05, 4.69) is 17.1 Å². The first kappa shape index (κ1) is 13.4. The molecular weight excluding hydrogens is 240 g/mol. The molecule has 19 heavy (non-hydrogen) atoms. The molecule has 3 rings (SSSR count). The number of fused-ring (bicyclic) bond motifs is 1. The molecule has 0 aromatic carbocycles. The van der Waals surface area contributed by atoms with Crippen molar-refractivity contribution in [2.75, 3.05) is 26.2 Å². The summed E-state index contributed by atoms with van der Waals surface area (Å²) < 4.78 is 5.56. The molecule has 0 radical (unpaired) electrons. The highest BCUT2D eigenvalue weighted by Crippen LogP contribution is 2.36. The lowest BCUT2D eigenvalue weighted by atomic mass is 9.79. The van der Waals surface area contributed by atoms with Gasteiger partial charge in [-0.3, -0.25) is 4.79 Å². The molecule has 1 amide bonds. The van der Waals surface area contributed by atoms with Crippen LogP contribution in [0.25, 0.3) is 0 Å². The number of carbonyl (C=O) groups excluding carboxylic acids is 1. The second-order valence-corrected chi connectivity index (χ2v) is 6.49. The molecule has 2 aliphatic heterocycles. The molecule has 2 heterocycles. The quantitative estimate of drug-likeness (QED) is 0.833. The summed E-state index contributed by atoms with van der Waals surface area (Å²) in [6.45, 7) is 8.21. The lowest BCUT2D eigenvalue weighted by Gasteiger charge is -2.36. The molecule has 4 nitrogen and oxygen atoms in total. The highest BCUT2D eigenvalue weighted by atomic mass is 16.5. The number of amides is 1. The summed E-state index contributed by atoms with van der Waals surface area (Å²) in [5.74, 6) is 2.31. The normalized spacial score (nSPS) is 41.2.